The van der Waals surface area contributed by atoms with Crippen molar-refractivity contribution in [1.29, 1.82) is 0 Å². The molecule has 7 heteroatoms. The van der Waals surface area contributed by atoms with Crippen LogP contribution in [0, 0.1) is 13.8 Å². The summed E-state index contributed by atoms with van der Waals surface area (Å²) >= 11 is 1.32. The molecule has 0 bridgehead atoms. The fourth-order valence-corrected chi connectivity index (χ4v) is 2.96. The molecule has 0 fully saturated rings. The third-order valence-corrected chi connectivity index (χ3v) is 4.32. The van der Waals surface area contributed by atoms with Crippen molar-refractivity contribution in [3.8, 4) is 0 Å². The molecule has 108 valence electrons. The van der Waals surface area contributed by atoms with Gasteiger partial charge in [0.05, 0.1) is 22.6 Å². The van der Waals surface area contributed by atoms with Gasteiger partial charge in [-0.25, -0.2) is 4.98 Å². The molecule has 0 aliphatic carbocycles. The number of nitrogen functional groups attached to an aromatic ring is 1. The molecule has 3 heterocycles. The second kappa shape index (κ2) is 5.17. The molecule has 0 atom stereocenters. The van der Waals surface area contributed by atoms with Gasteiger partial charge in [-0.1, -0.05) is 0 Å². The van der Waals surface area contributed by atoms with E-state index in [1.807, 2.05) is 26.0 Å². The number of rotatable bonds is 3. The van der Waals surface area contributed by atoms with Crippen molar-refractivity contribution in [2.75, 3.05) is 5.73 Å². The van der Waals surface area contributed by atoms with Crippen molar-refractivity contribution in [2.45, 2.75) is 20.4 Å². The van der Waals surface area contributed by atoms with Gasteiger partial charge in [0.25, 0.3) is 5.91 Å². The highest BCUT2D eigenvalue weighted by molar-refractivity contribution is 7.21. The average Bonchev–Trinajstić information content (AvgIpc) is 2.98. The Morgan fingerprint density at radius 3 is 2.95 bits per heavy atom. The number of nitrogens with two attached hydrogens (primary N) is 1. The molecule has 0 spiro atoms. The number of nitrogens with one attached hydrogen (secondary N) is 1. The van der Waals surface area contributed by atoms with Crippen LogP contribution in [0.3, 0.4) is 0 Å². The number of fused-ring (bicyclic) bond motifs is 1. The van der Waals surface area contributed by atoms with Crippen LogP contribution in [0.5, 0.6) is 0 Å². The molecular formula is C14H14N4O2S. The molecule has 21 heavy (non-hydrogen) atoms. The molecule has 0 saturated carbocycles. The van der Waals surface area contributed by atoms with E-state index in [0.29, 0.717) is 22.0 Å². The van der Waals surface area contributed by atoms with Gasteiger partial charge in [0, 0.05) is 6.20 Å². The largest absolute Gasteiger partial charge is 0.444 e. The number of amides is 1. The molecule has 1 amide bonds. The Balaban J connectivity index is 1.79. The minimum absolute atomic E-state index is 0.231. The van der Waals surface area contributed by atoms with Crippen LogP contribution in [-0.4, -0.2) is 15.9 Å². The van der Waals surface area contributed by atoms with Crippen LogP contribution in [0.4, 0.5) is 5.69 Å². The summed E-state index contributed by atoms with van der Waals surface area (Å²) < 4.78 is 6.32. The predicted molar refractivity (Wildman–Crippen MR) is 81.2 cm³/mol. The predicted octanol–water partition coefficient (Wildman–Crippen LogP) is 2.41. The molecule has 0 aliphatic rings. The number of aryl methyl sites for hydroxylation is 2. The normalized spacial score (nSPS) is 11.0. The number of aromatic nitrogens is 2. The second-order valence-electron chi connectivity index (χ2n) is 4.63. The van der Waals surface area contributed by atoms with Crippen LogP contribution in [0.1, 0.15) is 27.0 Å². The van der Waals surface area contributed by atoms with Crippen molar-refractivity contribution >= 4 is 33.1 Å². The topological polar surface area (TPSA) is 94.0 Å². The van der Waals surface area contributed by atoms with Crippen molar-refractivity contribution in [3.05, 3.63) is 40.6 Å². The van der Waals surface area contributed by atoms with Crippen LogP contribution in [0.15, 0.2) is 22.7 Å². The summed E-state index contributed by atoms with van der Waals surface area (Å²) in [5.74, 6) is 0.991. The quantitative estimate of drug-likeness (QED) is 0.775. The second-order valence-corrected chi connectivity index (χ2v) is 5.68. The minimum atomic E-state index is -0.246. The summed E-state index contributed by atoms with van der Waals surface area (Å²) in [7, 11) is 0. The number of anilines is 1. The first kappa shape index (κ1) is 13.6. The number of carbonyl (C=O) groups is 1. The number of hydrogen-bond donors (Lipinski definition) is 2. The van der Waals surface area contributed by atoms with Gasteiger partial charge in [-0.3, -0.25) is 9.78 Å². The molecule has 0 radical (unpaired) electrons. The lowest BCUT2D eigenvalue weighted by Gasteiger charge is -2.01. The van der Waals surface area contributed by atoms with Crippen molar-refractivity contribution in [2.24, 2.45) is 0 Å². The molecule has 3 rings (SSSR count). The van der Waals surface area contributed by atoms with Gasteiger partial charge >= 0.3 is 0 Å². The lowest BCUT2D eigenvalue weighted by atomic mass is 10.3. The summed E-state index contributed by atoms with van der Waals surface area (Å²) in [5.41, 5.74) is 7.88. The monoisotopic (exact) mass is 302 g/mol. The number of thiophene rings is 1. The van der Waals surface area contributed by atoms with E-state index in [9.17, 15) is 4.79 Å². The van der Waals surface area contributed by atoms with Gasteiger partial charge in [0.2, 0.25) is 5.89 Å². The van der Waals surface area contributed by atoms with Crippen molar-refractivity contribution in [3.63, 3.8) is 0 Å². The van der Waals surface area contributed by atoms with E-state index in [0.717, 1.165) is 16.2 Å². The molecule has 6 nitrogen and oxygen atoms in total. The molecular weight excluding hydrogens is 288 g/mol. The molecule has 3 aromatic heterocycles. The molecule has 0 saturated heterocycles. The number of oxazole rings is 1. The van der Waals surface area contributed by atoms with E-state index in [4.69, 9.17) is 10.2 Å². The number of carbonyl (C=O) groups excluding carboxylic acids is 1. The van der Waals surface area contributed by atoms with E-state index in [1.165, 1.54) is 11.3 Å². The smallest absolute Gasteiger partial charge is 0.264 e. The van der Waals surface area contributed by atoms with Crippen LogP contribution < -0.4 is 11.1 Å². The van der Waals surface area contributed by atoms with E-state index in [1.54, 1.807) is 6.20 Å². The van der Waals surface area contributed by atoms with Gasteiger partial charge in [0.15, 0.2) is 0 Å². The Morgan fingerprint density at radius 1 is 1.48 bits per heavy atom. The Hall–Kier alpha value is -2.41. The number of hydrogen-bond acceptors (Lipinski definition) is 6. The summed E-state index contributed by atoms with van der Waals surface area (Å²) in [6.45, 7) is 3.93. The van der Waals surface area contributed by atoms with Crippen LogP contribution in [0.2, 0.25) is 0 Å². The lowest BCUT2D eigenvalue weighted by molar-refractivity contribution is 0.0952. The maximum absolute atomic E-state index is 12.2. The van der Waals surface area contributed by atoms with Gasteiger partial charge in [-0.2, -0.15) is 0 Å². The highest BCUT2D eigenvalue weighted by Crippen LogP contribution is 2.31. The summed E-state index contributed by atoms with van der Waals surface area (Å²) in [6.07, 6.45) is 1.66. The Labute approximate surface area is 125 Å². The zero-order chi connectivity index (χ0) is 15.0. The van der Waals surface area contributed by atoms with E-state index < -0.39 is 0 Å². The Bertz CT molecular complexity index is 802. The maximum atomic E-state index is 12.2. The molecule has 3 N–H and O–H groups in total. The minimum Gasteiger partial charge on any atom is -0.444 e. The zero-order valence-corrected chi connectivity index (χ0v) is 12.5. The van der Waals surface area contributed by atoms with Crippen LogP contribution >= 0.6 is 11.3 Å². The lowest BCUT2D eigenvalue weighted by Crippen LogP contribution is -2.22. The highest BCUT2D eigenvalue weighted by Gasteiger charge is 2.17. The molecule has 0 aromatic carbocycles. The summed E-state index contributed by atoms with van der Waals surface area (Å²) in [5, 5.41) is 2.77. The van der Waals surface area contributed by atoms with Crippen molar-refractivity contribution < 1.29 is 9.21 Å². The maximum Gasteiger partial charge on any atom is 0.264 e. The van der Waals surface area contributed by atoms with E-state index in [-0.39, 0.29) is 12.5 Å². The standard InChI is InChI=1S/C14H14N4O2S/c1-7-8(2)20-10(18-7)6-17-14(19)13-11(15)12-9(21-13)4-3-5-16-12/h3-5H,6,15H2,1-2H3,(H,17,19). The zero-order valence-electron chi connectivity index (χ0n) is 11.6. The molecule has 0 unspecified atom stereocenters. The first-order valence-electron chi connectivity index (χ1n) is 6.40. The Kier molecular flexibility index (Phi) is 3.34. The van der Waals surface area contributed by atoms with Gasteiger partial charge in [-0.15, -0.1) is 11.3 Å². The number of pyridine rings is 1. The van der Waals surface area contributed by atoms with E-state index >= 15 is 0 Å². The summed E-state index contributed by atoms with van der Waals surface area (Å²) in [6, 6.07) is 3.71. The summed E-state index contributed by atoms with van der Waals surface area (Å²) in [4.78, 5) is 21.1. The third kappa shape index (κ3) is 2.47. The van der Waals surface area contributed by atoms with Crippen LogP contribution in [0.25, 0.3) is 10.2 Å². The Morgan fingerprint density at radius 2 is 2.29 bits per heavy atom. The molecule has 0 aliphatic heterocycles. The highest BCUT2D eigenvalue weighted by atomic mass is 32.1. The fraction of sp³-hybridized carbons (Fsp3) is 0.214. The molecule has 3 aromatic rings. The first-order chi connectivity index (χ1) is 10.1. The first-order valence-corrected chi connectivity index (χ1v) is 7.22. The van der Waals surface area contributed by atoms with E-state index in [2.05, 4.69) is 15.3 Å². The number of nitrogens with zero attached hydrogens (tertiary/aromatic N) is 2. The third-order valence-electron chi connectivity index (χ3n) is 3.16. The van der Waals surface area contributed by atoms with Crippen molar-refractivity contribution in [1.82, 2.24) is 15.3 Å². The fourth-order valence-electron chi connectivity index (χ4n) is 1.97. The van der Waals surface area contributed by atoms with Crippen LogP contribution in [-0.2, 0) is 6.54 Å². The van der Waals surface area contributed by atoms with Gasteiger partial charge in [-0.05, 0) is 26.0 Å². The van der Waals surface area contributed by atoms with Gasteiger partial charge in [0.1, 0.15) is 16.2 Å². The van der Waals surface area contributed by atoms with Gasteiger partial charge < -0.3 is 15.5 Å². The average molecular weight is 302 g/mol. The SMILES string of the molecule is Cc1nc(CNC(=O)c2sc3cccnc3c2N)oc1C.